The Balaban J connectivity index is 2.13. The summed E-state index contributed by atoms with van der Waals surface area (Å²) in [6, 6.07) is 10.3. The van der Waals surface area contributed by atoms with Gasteiger partial charge in [0.25, 0.3) is 11.6 Å². The molecule has 0 radical (unpaired) electrons. The molecular formula is C18H20N2O4. The summed E-state index contributed by atoms with van der Waals surface area (Å²) >= 11 is 0. The van der Waals surface area contributed by atoms with Gasteiger partial charge in [-0.15, -0.1) is 0 Å². The molecule has 0 fully saturated rings. The van der Waals surface area contributed by atoms with Crippen LogP contribution < -0.4 is 10.1 Å². The maximum Gasteiger partial charge on any atom is 0.293 e. The number of aryl methyl sites for hydroxylation is 3. The Bertz CT molecular complexity index is 766. The number of nitro groups is 1. The second kappa shape index (κ2) is 7.12. The number of hydrogen-bond acceptors (Lipinski definition) is 4. The summed E-state index contributed by atoms with van der Waals surface area (Å²) in [6.45, 7) is 7.25. The number of hydrogen-bond donors (Lipinski definition) is 1. The monoisotopic (exact) mass is 328 g/mol. The topological polar surface area (TPSA) is 81.5 Å². The molecule has 0 saturated carbocycles. The van der Waals surface area contributed by atoms with Crippen molar-refractivity contribution in [3.8, 4) is 5.75 Å². The predicted octanol–water partition coefficient (Wildman–Crippen LogP) is 3.93. The molecule has 0 saturated heterocycles. The summed E-state index contributed by atoms with van der Waals surface area (Å²) in [5, 5.41) is 13.7. The average molecular weight is 328 g/mol. The van der Waals surface area contributed by atoms with Crippen molar-refractivity contribution >= 4 is 17.3 Å². The fraction of sp³-hybridized carbons (Fsp3) is 0.278. The fourth-order valence-corrected chi connectivity index (χ4v) is 2.39. The van der Waals surface area contributed by atoms with Gasteiger partial charge >= 0.3 is 0 Å². The summed E-state index contributed by atoms with van der Waals surface area (Å²) in [6.07, 6.45) is -0.785. The van der Waals surface area contributed by atoms with E-state index in [9.17, 15) is 14.9 Å². The summed E-state index contributed by atoms with van der Waals surface area (Å²) < 4.78 is 5.65. The van der Waals surface area contributed by atoms with E-state index >= 15 is 0 Å². The normalized spacial score (nSPS) is 11.7. The molecule has 2 aromatic rings. The van der Waals surface area contributed by atoms with Crippen LogP contribution in [-0.4, -0.2) is 16.9 Å². The number of ether oxygens (including phenoxy) is 1. The summed E-state index contributed by atoms with van der Waals surface area (Å²) in [5.41, 5.74) is 2.84. The molecule has 6 nitrogen and oxygen atoms in total. The van der Waals surface area contributed by atoms with Crippen LogP contribution in [0.2, 0.25) is 0 Å². The molecule has 1 unspecified atom stereocenters. The summed E-state index contributed by atoms with van der Waals surface area (Å²) in [4.78, 5) is 22.9. The van der Waals surface area contributed by atoms with Gasteiger partial charge < -0.3 is 10.1 Å². The van der Waals surface area contributed by atoms with Gasteiger partial charge in [-0.25, -0.2) is 0 Å². The van der Waals surface area contributed by atoms with Gasteiger partial charge in [-0.1, -0.05) is 12.1 Å². The highest BCUT2D eigenvalue weighted by Crippen LogP contribution is 2.26. The average Bonchev–Trinajstić information content (AvgIpc) is 2.47. The molecule has 1 amide bonds. The largest absolute Gasteiger partial charge is 0.481 e. The molecule has 0 bridgehead atoms. The van der Waals surface area contributed by atoms with E-state index in [2.05, 4.69) is 5.32 Å². The van der Waals surface area contributed by atoms with Crippen LogP contribution in [-0.2, 0) is 4.79 Å². The van der Waals surface area contributed by atoms with Gasteiger partial charge in [0, 0.05) is 6.07 Å². The molecule has 0 aliphatic carbocycles. The molecule has 2 aromatic carbocycles. The standard InChI is InChI=1S/C18H20N2O4/c1-11-5-6-16(17(10-11)20(22)23)19-18(21)14(4)24-15-8-12(2)7-13(3)9-15/h5-10,14H,1-4H3,(H,19,21). The summed E-state index contributed by atoms with van der Waals surface area (Å²) in [5.74, 6) is 0.148. The Kier molecular flexibility index (Phi) is 5.18. The van der Waals surface area contributed by atoms with E-state index < -0.39 is 16.9 Å². The van der Waals surface area contributed by atoms with E-state index in [-0.39, 0.29) is 11.4 Å². The molecule has 0 aromatic heterocycles. The molecule has 6 heteroatoms. The van der Waals surface area contributed by atoms with Crippen LogP contribution in [0.15, 0.2) is 36.4 Å². The minimum absolute atomic E-state index is 0.137. The van der Waals surface area contributed by atoms with Crippen molar-refractivity contribution in [1.82, 2.24) is 0 Å². The lowest BCUT2D eigenvalue weighted by molar-refractivity contribution is -0.384. The molecule has 1 atom stereocenters. The van der Waals surface area contributed by atoms with Crippen LogP contribution in [0.5, 0.6) is 5.75 Å². The third kappa shape index (κ3) is 4.32. The number of rotatable bonds is 5. The maximum atomic E-state index is 12.3. The van der Waals surface area contributed by atoms with Crippen LogP contribution in [0.3, 0.4) is 0 Å². The van der Waals surface area contributed by atoms with Crippen molar-refractivity contribution in [2.45, 2.75) is 33.8 Å². The molecule has 24 heavy (non-hydrogen) atoms. The van der Waals surface area contributed by atoms with Crippen LogP contribution in [0.4, 0.5) is 11.4 Å². The molecule has 1 N–H and O–H groups in total. The van der Waals surface area contributed by atoms with Gasteiger partial charge in [0.15, 0.2) is 6.10 Å². The molecule has 0 aliphatic rings. The van der Waals surface area contributed by atoms with E-state index in [1.807, 2.05) is 32.0 Å². The van der Waals surface area contributed by atoms with E-state index in [0.717, 1.165) is 16.7 Å². The van der Waals surface area contributed by atoms with Gasteiger partial charge in [-0.2, -0.15) is 0 Å². The van der Waals surface area contributed by atoms with E-state index in [4.69, 9.17) is 4.74 Å². The van der Waals surface area contributed by atoms with Crippen molar-refractivity contribution < 1.29 is 14.5 Å². The SMILES string of the molecule is Cc1cc(C)cc(OC(C)C(=O)Nc2ccc(C)cc2[N+](=O)[O-])c1. The predicted molar refractivity (Wildman–Crippen MR) is 92.5 cm³/mol. The molecular weight excluding hydrogens is 308 g/mol. The number of nitrogens with one attached hydrogen (secondary N) is 1. The van der Waals surface area contributed by atoms with Crippen molar-refractivity contribution in [1.29, 1.82) is 0 Å². The Morgan fingerprint density at radius 2 is 1.71 bits per heavy atom. The van der Waals surface area contributed by atoms with Gasteiger partial charge in [0.2, 0.25) is 0 Å². The van der Waals surface area contributed by atoms with Crippen LogP contribution in [0, 0.1) is 30.9 Å². The zero-order valence-corrected chi connectivity index (χ0v) is 14.1. The highest BCUT2D eigenvalue weighted by atomic mass is 16.6. The first-order valence-electron chi connectivity index (χ1n) is 7.57. The molecule has 126 valence electrons. The number of nitrogens with zero attached hydrogens (tertiary/aromatic N) is 1. The Hall–Kier alpha value is -2.89. The first kappa shape index (κ1) is 17.5. The minimum atomic E-state index is -0.785. The van der Waals surface area contributed by atoms with Crippen molar-refractivity contribution in [2.24, 2.45) is 0 Å². The number of nitro benzene ring substituents is 1. The zero-order valence-electron chi connectivity index (χ0n) is 14.1. The van der Waals surface area contributed by atoms with Crippen molar-refractivity contribution in [3.63, 3.8) is 0 Å². The van der Waals surface area contributed by atoms with E-state index in [1.165, 1.54) is 12.1 Å². The number of anilines is 1. The minimum Gasteiger partial charge on any atom is -0.481 e. The molecule has 0 aliphatic heterocycles. The first-order chi connectivity index (χ1) is 11.3. The van der Waals surface area contributed by atoms with Crippen LogP contribution in [0.1, 0.15) is 23.6 Å². The third-order valence-electron chi connectivity index (χ3n) is 3.49. The fourth-order valence-electron chi connectivity index (χ4n) is 2.39. The molecule has 2 rings (SSSR count). The number of carbonyl (C=O) groups is 1. The maximum absolute atomic E-state index is 12.3. The highest BCUT2D eigenvalue weighted by molar-refractivity contribution is 5.96. The van der Waals surface area contributed by atoms with E-state index in [0.29, 0.717) is 5.75 Å². The first-order valence-corrected chi connectivity index (χ1v) is 7.57. The molecule has 0 heterocycles. The lowest BCUT2D eigenvalue weighted by Gasteiger charge is -2.16. The summed E-state index contributed by atoms with van der Waals surface area (Å²) in [7, 11) is 0. The smallest absolute Gasteiger partial charge is 0.293 e. The van der Waals surface area contributed by atoms with Gasteiger partial charge in [0.1, 0.15) is 11.4 Å². The Labute approximate surface area is 140 Å². The van der Waals surface area contributed by atoms with Crippen molar-refractivity contribution in [3.05, 3.63) is 63.2 Å². The number of carbonyl (C=O) groups excluding carboxylic acids is 1. The second-order valence-electron chi connectivity index (χ2n) is 5.85. The van der Waals surface area contributed by atoms with E-state index in [1.54, 1.807) is 19.9 Å². The lowest BCUT2D eigenvalue weighted by atomic mass is 10.1. The molecule has 0 spiro atoms. The van der Waals surface area contributed by atoms with Crippen LogP contribution >= 0.6 is 0 Å². The third-order valence-corrected chi connectivity index (χ3v) is 3.49. The van der Waals surface area contributed by atoms with Gasteiger partial charge in [0.05, 0.1) is 4.92 Å². The lowest BCUT2D eigenvalue weighted by Crippen LogP contribution is -2.30. The zero-order chi connectivity index (χ0) is 17.9. The van der Waals surface area contributed by atoms with Crippen molar-refractivity contribution in [2.75, 3.05) is 5.32 Å². The van der Waals surface area contributed by atoms with Gasteiger partial charge in [-0.3, -0.25) is 14.9 Å². The Morgan fingerprint density at radius 3 is 2.29 bits per heavy atom. The Morgan fingerprint density at radius 1 is 1.08 bits per heavy atom. The second-order valence-corrected chi connectivity index (χ2v) is 5.85. The quantitative estimate of drug-likeness (QED) is 0.666. The van der Waals surface area contributed by atoms with Crippen LogP contribution in [0.25, 0.3) is 0 Å². The number of amides is 1. The number of benzene rings is 2. The highest BCUT2D eigenvalue weighted by Gasteiger charge is 2.20. The van der Waals surface area contributed by atoms with Gasteiger partial charge in [-0.05, 0) is 62.6 Å².